The third kappa shape index (κ3) is 9.52. The normalized spacial score (nSPS) is 10.2. The molecular formula is C8H19NO3Si. The third-order valence-corrected chi connectivity index (χ3v) is 2.26. The predicted molar refractivity (Wildman–Crippen MR) is 54.9 cm³/mol. The van der Waals surface area contributed by atoms with Crippen LogP contribution in [0.4, 0.5) is 0 Å². The van der Waals surface area contributed by atoms with Crippen LogP contribution in [-0.4, -0.2) is 47.6 Å². The fraction of sp³-hybridized carbons (Fsp3) is 0.875. The Morgan fingerprint density at radius 2 is 2.23 bits per heavy atom. The van der Waals surface area contributed by atoms with E-state index in [1.165, 1.54) is 16.3 Å². The fourth-order valence-electron chi connectivity index (χ4n) is 0.797. The second-order valence-electron chi connectivity index (χ2n) is 2.80. The number of carbonyl (C=O) groups is 1. The SMILES string of the molecule is O=C(CCNCCO)OCCC[SiH3]. The van der Waals surface area contributed by atoms with Gasteiger partial charge < -0.3 is 15.2 Å². The van der Waals surface area contributed by atoms with Gasteiger partial charge in [-0.25, -0.2) is 0 Å². The van der Waals surface area contributed by atoms with Crippen LogP contribution in [0.15, 0.2) is 0 Å². The third-order valence-electron chi connectivity index (χ3n) is 1.56. The first-order chi connectivity index (χ1) is 6.31. The Labute approximate surface area is 82.1 Å². The number of hydrogen-bond donors (Lipinski definition) is 2. The first-order valence-electron chi connectivity index (χ1n) is 4.78. The van der Waals surface area contributed by atoms with Gasteiger partial charge in [0.05, 0.1) is 19.6 Å². The average Bonchev–Trinajstić information content (AvgIpc) is 2.13. The quantitative estimate of drug-likeness (QED) is 0.293. The molecule has 5 heteroatoms. The van der Waals surface area contributed by atoms with Gasteiger partial charge >= 0.3 is 5.97 Å². The first kappa shape index (κ1) is 12.6. The van der Waals surface area contributed by atoms with Crippen LogP contribution in [0.25, 0.3) is 0 Å². The summed E-state index contributed by atoms with van der Waals surface area (Å²) in [4.78, 5) is 11.0. The van der Waals surface area contributed by atoms with Crippen molar-refractivity contribution in [1.82, 2.24) is 5.32 Å². The van der Waals surface area contributed by atoms with Gasteiger partial charge in [0, 0.05) is 23.3 Å². The van der Waals surface area contributed by atoms with Crippen molar-refractivity contribution in [3.05, 3.63) is 0 Å². The number of aliphatic hydroxyl groups excluding tert-OH is 1. The molecule has 0 aromatic heterocycles. The maximum absolute atomic E-state index is 11.0. The number of ether oxygens (including phenoxy) is 1. The molecule has 0 bridgehead atoms. The van der Waals surface area contributed by atoms with Crippen LogP contribution in [0.1, 0.15) is 12.8 Å². The molecule has 0 aromatic rings. The molecule has 0 radical (unpaired) electrons. The maximum atomic E-state index is 11.0. The summed E-state index contributed by atoms with van der Waals surface area (Å²) in [5.74, 6) is -0.152. The molecule has 0 saturated heterocycles. The van der Waals surface area contributed by atoms with Crippen LogP contribution in [0.2, 0.25) is 6.04 Å². The van der Waals surface area contributed by atoms with Gasteiger partial charge in [-0.15, -0.1) is 0 Å². The molecule has 0 saturated carbocycles. The number of carbonyl (C=O) groups excluding carboxylic acids is 1. The monoisotopic (exact) mass is 205 g/mol. The van der Waals surface area contributed by atoms with Crippen molar-refractivity contribution >= 4 is 16.2 Å². The molecule has 0 amide bonds. The van der Waals surface area contributed by atoms with E-state index in [9.17, 15) is 4.79 Å². The molecule has 0 spiro atoms. The smallest absolute Gasteiger partial charge is 0.307 e. The van der Waals surface area contributed by atoms with Crippen LogP contribution in [0, 0.1) is 0 Å². The summed E-state index contributed by atoms with van der Waals surface area (Å²) in [6.07, 6.45) is 1.38. The molecule has 0 aromatic carbocycles. The highest BCUT2D eigenvalue weighted by atomic mass is 28.1. The Hall–Kier alpha value is -0.393. The van der Waals surface area contributed by atoms with Crippen molar-refractivity contribution in [3.8, 4) is 0 Å². The Morgan fingerprint density at radius 3 is 2.85 bits per heavy atom. The van der Waals surface area contributed by atoms with E-state index < -0.39 is 0 Å². The van der Waals surface area contributed by atoms with Gasteiger partial charge in [-0.05, 0) is 6.42 Å². The van der Waals surface area contributed by atoms with Crippen molar-refractivity contribution in [3.63, 3.8) is 0 Å². The molecule has 0 unspecified atom stereocenters. The number of rotatable bonds is 8. The zero-order valence-corrected chi connectivity index (χ0v) is 10.2. The molecule has 4 nitrogen and oxygen atoms in total. The van der Waals surface area contributed by atoms with Gasteiger partial charge in [0.15, 0.2) is 0 Å². The summed E-state index contributed by atoms with van der Waals surface area (Å²) in [5, 5.41) is 11.3. The summed E-state index contributed by atoms with van der Waals surface area (Å²) in [6, 6.07) is 1.18. The molecule has 0 atom stereocenters. The zero-order chi connectivity index (χ0) is 9.94. The van der Waals surface area contributed by atoms with E-state index in [-0.39, 0.29) is 12.6 Å². The Balaban J connectivity index is 3.11. The molecule has 0 fully saturated rings. The largest absolute Gasteiger partial charge is 0.466 e. The van der Waals surface area contributed by atoms with E-state index in [1.807, 2.05) is 0 Å². The van der Waals surface area contributed by atoms with Crippen molar-refractivity contribution in [2.45, 2.75) is 18.9 Å². The van der Waals surface area contributed by atoms with E-state index in [0.717, 1.165) is 6.42 Å². The summed E-state index contributed by atoms with van der Waals surface area (Å²) in [7, 11) is 1.17. The number of esters is 1. The molecule has 0 heterocycles. The van der Waals surface area contributed by atoms with Gasteiger partial charge in [-0.3, -0.25) is 4.79 Å². The van der Waals surface area contributed by atoms with Crippen LogP contribution in [-0.2, 0) is 9.53 Å². The molecule has 0 aliphatic heterocycles. The lowest BCUT2D eigenvalue weighted by atomic mass is 10.4. The molecule has 78 valence electrons. The summed E-state index contributed by atoms with van der Waals surface area (Å²) in [6.45, 7) is 1.78. The minimum atomic E-state index is -0.152. The molecule has 0 aliphatic rings. The van der Waals surface area contributed by atoms with Gasteiger partial charge in [-0.2, -0.15) is 0 Å². The van der Waals surface area contributed by atoms with Crippen molar-refractivity contribution < 1.29 is 14.6 Å². The lowest BCUT2D eigenvalue weighted by Gasteiger charge is -2.04. The van der Waals surface area contributed by atoms with E-state index in [2.05, 4.69) is 5.32 Å². The average molecular weight is 205 g/mol. The van der Waals surface area contributed by atoms with Crippen LogP contribution in [0.5, 0.6) is 0 Å². The molecule has 2 N–H and O–H groups in total. The van der Waals surface area contributed by atoms with E-state index in [4.69, 9.17) is 9.84 Å². The second-order valence-corrected chi connectivity index (χ2v) is 3.80. The topological polar surface area (TPSA) is 58.6 Å². The second kappa shape index (κ2) is 9.69. The molecule has 0 aliphatic carbocycles. The predicted octanol–water partition coefficient (Wildman–Crippen LogP) is -1.32. The van der Waals surface area contributed by atoms with Gasteiger partial charge in [0.25, 0.3) is 0 Å². The van der Waals surface area contributed by atoms with Crippen LogP contribution < -0.4 is 5.32 Å². The van der Waals surface area contributed by atoms with E-state index in [1.54, 1.807) is 0 Å². The molecular weight excluding hydrogens is 186 g/mol. The summed E-state index contributed by atoms with van der Waals surface area (Å²) < 4.78 is 4.94. The van der Waals surface area contributed by atoms with Crippen molar-refractivity contribution in [2.24, 2.45) is 0 Å². The Kier molecular flexibility index (Phi) is 9.40. The number of nitrogens with one attached hydrogen (secondary N) is 1. The zero-order valence-electron chi connectivity index (χ0n) is 8.21. The van der Waals surface area contributed by atoms with Crippen molar-refractivity contribution in [2.75, 3.05) is 26.3 Å². The van der Waals surface area contributed by atoms with E-state index in [0.29, 0.717) is 26.1 Å². The summed E-state index contributed by atoms with van der Waals surface area (Å²) >= 11 is 0. The van der Waals surface area contributed by atoms with Gasteiger partial charge in [0.1, 0.15) is 0 Å². The lowest BCUT2D eigenvalue weighted by molar-refractivity contribution is -0.143. The van der Waals surface area contributed by atoms with E-state index >= 15 is 0 Å². The standard InChI is InChI=1S/C8H19NO3Si/c10-5-4-9-3-2-8(11)12-6-1-7-13/h9-10H,1-7H2,13H3. The fourth-order valence-corrected chi connectivity index (χ4v) is 1.09. The summed E-state index contributed by atoms with van der Waals surface area (Å²) in [5.41, 5.74) is 0. The maximum Gasteiger partial charge on any atom is 0.307 e. The Bertz CT molecular complexity index is 133. The minimum Gasteiger partial charge on any atom is -0.466 e. The Morgan fingerprint density at radius 1 is 1.46 bits per heavy atom. The van der Waals surface area contributed by atoms with Gasteiger partial charge in [-0.1, -0.05) is 6.04 Å². The first-order valence-corrected chi connectivity index (χ1v) is 6.20. The highest BCUT2D eigenvalue weighted by Crippen LogP contribution is 1.90. The highest BCUT2D eigenvalue weighted by Gasteiger charge is 2.00. The van der Waals surface area contributed by atoms with Crippen molar-refractivity contribution in [1.29, 1.82) is 0 Å². The number of aliphatic hydroxyl groups is 1. The van der Waals surface area contributed by atoms with Crippen LogP contribution >= 0.6 is 0 Å². The van der Waals surface area contributed by atoms with Crippen LogP contribution in [0.3, 0.4) is 0 Å². The van der Waals surface area contributed by atoms with Gasteiger partial charge in [0.2, 0.25) is 0 Å². The molecule has 13 heavy (non-hydrogen) atoms. The minimum absolute atomic E-state index is 0.107. The molecule has 0 rings (SSSR count). The number of hydrogen-bond acceptors (Lipinski definition) is 4. The lowest BCUT2D eigenvalue weighted by Crippen LogP contribution is -2.22. The highest BCUT2D eigenvalue weighted by molar-refractivity contribution is 6.08.